The number of rotatable bonds is 1. The van der Waals surface area contributed by atoms with Crippen molar-refractivity contribution in [2.75, 3.05) is 13.1 Å². The van der Waals surface area contributed by atoms with Gasteiger partial charge in [0.15, 0.2) is 0 Å². The Morgan fingerprint density at radius 3 is 2.21 bits per heavy atom. The summed E-state index contributed by atoms with van der Waals surface area (Å²) in [6, 6.07) is -0.324. The second-order valence-corrected chi connectivity index (χ2v) is 4.84. The number of nitrogens with two attached hydrogens (primary N) is 1. The lowest BCUT2D eigenvalue weighted by Gasteiger charge is -2.22. The van der Waals surface area contributed by atoms with Crippen LogP contribution in [0.2, 0.25) is 0 Å². The highest BCUT2D eigenvalue weighted by atomic mass is 16.2. The van der Waals surface area contributed by atoms with Gasteiger partial charge in [-0.3, -0.25) is 4.79 Å². The van der Waals surface area contributed by atoms with E-state index in [2.05, 4.69) is 0 Å². The molecule has 0 bridgehead atoms. The zero-order valence-electron chi connectivity index (χ0n) is 8.91. The lowest BCUT2D eigenvalue weighted by molar-refractivity contribution is -0.131. The lowest BCUT2D eigenvalue weighted by atomic mass is 9.82. The van der Waals surface area contributed by atoms with Crippen molar-refractivity contribution in [3.05, 3.63) is 0 Å². The number of hydrogen-bond donors (Lipinski definition) is 1. The largest absolute Gasteiger partial charge is 0.341 e. The molecule has 3 unspecified atom stereocenters. The second-order valence-electron chi connectivity index (χ2n) is 4.84. The second kappa shape index (κ2) is 3.89. The summed E-state index contributed by atoms with van der Waals surface area (Å²) in [6.45, 7) is 3.71. The van der Waals surface area contributed by atoms with Crippen molar-refractivity contribution < 1.29 is 4.79 Å². The summed E-state index contributed by atoms with van der Waals surface area (Å²) >= 11 is 0. The first-order chi connectivity index (χ1) is 6.68. The average molecular weight is 196 g/mol. The number of carbonyl (C=O) groups is 1. The van der Waals surface area contributed by atoms with Gasteiger partial charge in [0.2, 0.25) is 5.91 Å². The van der Waals surface area contributed by atoms with Crippen LogP contribution >= 0.6 is 0 Å². The fourth-order valence-electron chi connectivity index (χ4n) is 2.87. The Labute approximate surface area is 85.6 Å². The van der Waals surface area contributed by atoms with Gasteiger partial charge in [-0.25, -0.2) is 0 Å². The molecule has 2 fully saturated rings. The molecule has 3 atom stereocenters. The predicted molar refractivity (Wildman–Crippen MR) is 55.7 cm³/mol. The Hall–Kier alpha value is -0.570. The topological polar surface area (TPSA) is 46.3 Å². The van der Waals surface area contributed by atoms with Crippen LogP contribution in [-0.4, -0.2) is 29.9 Å². The van der Waals surface area contributed by atoms with Gasteiger partial charge >= 0.3 is 0 Å². The molecule has 1 aliphatic carbocycles. The molecule has 1 aliphatic heterocycles. The van der Waals surface area contributed by atoms with E-state index in [1.54, 1.807) is 6.92 Å². The van der Waals surface area contributed by atoms with Gasteiger partial charge < -0.3 is 10.6 Å². The van der Waals surface area contributed by atoms with Crippen LogP contribution in [-0.2, 0) is 4.79 Å². The van der Waals surface area contributed by atoms with Crippen LogP contribution in [0.15, 0.2) is 0 Å². The van der Waals surface area contributed by atoms with E-state index in [-0.39, 0.29) is 11.9 Å². The van der Waals surface area contributed by atoms with E-state index in [0.717, 1.165) is 24.9 Å². The molecule has 2 aliphatic rings. The van der Waals surface area contributed by atoms with Crippen molar-refractivity contribution >= 4 is 5.91 Å². The molecule has 3 heteroatoms. The first-order valence-electron chi connectivity index (χ1n) is 5.73. The molecular formula is C11H20N2O. The van der Waals surface area contributed by atoms with Crippen molar-refractivity contribution in [3.8, 4) is 0 Å². The quantitative estimate of drug-likeness (QED) is 0.679. The van der Waals surface area contributed by atoms with Crippen molar-refractivity contribution in [1.82, 2.24) is 4.90 Å². The molecule has 2 rings (SSSR count). The van der Waals surface area contributed by atoms with Crippen LogP contribution in [0.3, 0.4) is 0 Å². The number of fused-ring (bicyclic) bond motifs is 1. The molecule has 2 N–H and O–H groups in total. The highest BCUT2D eigenvalue weighted by Gasteiger charge is 2.36. The average Bonchev–Trinajstić information content (AvgIpc) is 2.59. The van der Waals surface area contributed by atoms with Crippen LogP contribution in [0.1, 0.15) is 32.6 Å². The number of likely N-dealkylation sites (tertiary alicyclic amines) is 1. The number of nitrogens with zero attached hydrogens (tertiary/aromatic N) is 1. The van der Waals surface area contributed by atoms with Gasteiger partial charge in [0.1, 0.15) is 0 Å². The molecule has 1 amide bonds. The van der Waals surface area contributed by atoms with Gasteiger partial charge in [-0.05, 0) is 31.6 Å². The Balaban J connectivity index is 1.95. The molecule has 0 aromatic heterocycles. The van der Waals surface area contributed by atoms with Gasteiger partial charge in [0, 0.05) is 13.1 Å². The normalized spacial score (nSPS) is 34.0. The minimum absolute atomic E-state index is 0.138. The standard InChI is InChI=1S/C11H20N2O/c1-8(12)11(14)13-6-9-4-2-3-5-10(9)7-13/h8-10H,2-7,12H2,1H3. The van der Waals surface area contributed by atoms with Crippen molar-refractivity contribution in [2.45, 2.75) is 38.6 Å². The number of hydrogen-bond acceptors (Lipinski definition) is 2. The molecule has 0 radical (unpaired) electrons. The van der Waals surface area contributed by atoms with Crippen molar-refractivity contribution in [1.29, 1.82) is 0 Å². The monoisotopic (exact) mass is 196 g/mol. The molecule has 3 nitrogen and oxygen atoms in total. The third-order valence-corrected chi connectivity index (χ3v) is 3.68. The summed E-state index contributed by atoms with van der Waals surface area (Å²) in [7, 11) is 0. The van der Waals surface area contributed by atoms with Crippen LogP contribution in [0.25, 0.3) is 0 Å². The fourth-order valence-corrected chi connectivity index (χ4v) is 2.87. The molecule has 1 saturated carbocycles. The molecular weight excluding hydrogens is 176 g/mol. The van der Waals surface area contributed by atoms with E-state index in [9.17, 15) is 4.79 Å². The van der Waals surface area contributed by atoms with E-state index in [4.69, 9.17) is 5.73 Å². The van der Waals surface area contributed by atoms with Crippen LogP contribution in [0.4, 0.5) is 0 Å². The third kappa shape index (κ3) is 1.78. The molecule has 1 saturated heterocycles. The third-order valence-electron chi connectivity index (χ3n) is 3.68. The predicted octanol–water partition coefficient (Wildman–Crippen LogP) is 0.982. The SMILES string of the molecule is CC(N)C(=O)N1CC2CCCCC2C1. The molecule has 0 spiro atoms. The highest BCUT2D eigenvalue weighted by molar-refractivity contribution is 5.81. The first-order valence-corrected chi connectivity index (χ1v) is 5.73. The summed E-state index contributed by atoms with van der Waals surface area (Å²) in [5.74, 6) is 1.68. The van der Waals surface area contributed by atoms with Gasteiger partial charge in [0.25, 0.3) is 0 Å². The Morgan fingerprint density at radius 1 is 1.29 bits per heavy atom. The van der Waals surface area contributed by atoms with Gasteiger partial charge in [-0.15, -0.1) is 0 Å². The maximum Gasteiger partial charge on any atom is 0.239 e. The summed E-state index contributed by atoms with van der Waals surface area (Å²) in [6.07, 6.45) is 5.32. The maximum atomic E-state index is 11.7. The molecule has 14 heavy (non-hydrogen) atoms. The zero-order valence-corrected chi connectivity index (χ0v) is 8.91. The maximum absolute atomic E-state index is 11.7. The summed E-state index contributed by atoms with van der Waals surface area (Å²) in [5.41, 5.74) is 5.61. The fraction of sp³-hybridized carbons (Fsp3) is 0.909. The number of amides is 1. The smallest absolute Gasteiger partial charge is 0.239 e. The minimum atomic E-state index is -0.324. The van der Waals surface area contributed by atoms with Crippen molar-refractivity contribution in [3.63, 3.8) is 0 Å². The van der Waals surface area contributed by atoms with Gasteiger partial charge in [0.05, 0.1) is 6.04 Å². The zero-order chi connectivity index (χ0) is 10.1. The van der Waals surface area contributed by atoms with E-state index in [1.807, 2.05) is 4.90 Å². The Morgan fingerprint density at radius 2 is 1.79 bits per heavy atom. The van der Waals surface area contributed by atoms with Gasteiger partial charge in [-0.2, -0.15) is 0 Å². The highest BCUT2D eigenvalue weighted by Crippen LogP contribution is 2.35. The summed E-state index contributed by atoms with van der Waals surface area (Å²) < 4.78 is 0. The first kappa shape index (κ1) is 9.97. The van der Waals surface area contributed by atoms with Crippen LogP contribution < -0.4 is 5.73 Å². The van der Waals surface area contributed by atoms with E-state index >= 15 is 0 Å². The van der Waals surface area contributed by atoms with E-state index < -0.39 is 0 Å². The van der Waals surface area contributed by atoms with Crippen molar-refractivity contribution in [2.24, 2.45) is 17.6 Å². The molecule has 0 aromatic rings. The van der Waals surface area contributed by atoms with Gasteiger partial charge in [-0.1, -0.05) is 12.8 Å². The van der Waals surface area contributed by atoms with Crippen LogP contribution in [0, 0.1) is 11.8 Å². The molecule has 0 aromatic carbocycles. The molecule has 80 valence electrons. The summed E-state index contributed by atoms with van der Waals surface area (Å²) in [4.78, 5) is 13.7. The van der Waals surface area contributed by atoms with E-state index in [0.29, 0.717) is 0 Å². The summed E-state index contributed by atoms with van der Waals surface area (Å²) in [5, 5.41) is 0. The lowest BCUT2D eigenvalue weighted by Crippen LogP contribution is -2.40. The minimum Gasteiger partial charge on any atom is -0.341 e. The number of carbonyl (C=O) groups excluding carboxylic acids is 1. The Bertz CT molecular complexity index is 213. The van der Waals surface area contributed by atoms with Crippen LogP contribution in [0.5, 0.6) is 0 Å². The molecule has 1 heterocycles. The van der Waals surface area contributed by atoms with E-state index in [1.165, 1.54) is 25.7 Å². The Kier molecular flexibility index (Phi) is 2.77.